The lowest BCUT2D eigenvalue weighted by molar-refractivity contribution is 0.0841. The molecule has 1 saturated carbocycles. The highest BCUT2D eigenvalue weighted by Gasteiger charge is 2.36. The highest BCUT2D eigenvalue weighted by Crippen LogP contribution is 2.35. The second-order valence-corrected chi connectivity index (χ2v) is 6.73. The second kappa shape index (κ2) is 8.41. The molecule has 5 heteroatoms. The van der Waals surface area contributed by atoms with E-state index in [1.807, 2.05) is 0 Å². The molecule has 0 spiro atoms. The van der Waals surface area contributed by atoms with E-state index in [4.69, 9.17) is 4.99 Å². The van der Waals surface area contributed by atoms with Crippen molar-refractivity contribution in [2.75, 3.05) is 48.8 Å². The molecule has 1 fully saturated rings. The van der Waals surface area contributed by atoms with Gasteiger partial charge in [-0.2, -0.15) is 0 Å². The molecule has 4 nitrogen and oxygen atoms in total. The van der Waals surface area contributed by atoms with Crippen molar-refractivity contribution in [1.82, 2.24) is 14.7 Å². The first-order valence-corrected chi connectivity index (χ1v) is 7.35. The van der Waals surface area contributed by atoms with Gasteiger partial charge >= 0.3 is 0 Å². The largest absolute Gasteiger partial charge is 0.349 e. The van der Waals surface area contributed by atoms with Crippen LogP contribution in [0.3, 0.4) is 0 Å². The Morgan fingerprint density at radius 2 is 1.65 bits per heavy atom. The van der Waals surface area contributed by atoms with Crippen molar-refractivity contribution in [3.8, 4) is 0 Å². The number of hydrogen-bond donors (Lipinski definition) is 0. The third kappa shape index (κ3) is 5.06. The highest BCUT2D eigenvalue weighted by molar-refractivity contribution is 14.0. The van der Waals surface area contributed by atoms with E-state index in [2.05, 4.69) is 63.9 Å². The van der Waals surface area contributed by atoms with E-state index in [1.54, 1.807) is 0 Å². The van der Waals surface area contributed by atoms with Crippen LogP contribution < -0.4 is 0 Å². The Morgan fingerprint density at radius 1 is 1.10 bits per heavy atom. The number of likely N-dealkylation sites (N-methyl/N-ethyl adjacent to an activating group) is 1. The molecule has 1 rings (SSSR count). The fourth-order valence-corrected chi connectivity index (χ4v) is 3.22. The van der Waals surface area contributed by atoms with Gasteiger partial charge < -0.3 is 14.7 Å². The van der Waals surface area contributed by atoms with Gasteiger partial charge in [0, 0.05) is 33.7 Å². The van der Waals surface area contributed by atoms with Crippen LogP contribution in [0, 0.1) is 5.92 Å². The molecule has 0 amide bonds. The minimum absolute atomic E-state index is 0. The smallest absolute Gasteiger partial charge is 0.195 e. The van der Waals surface area contributed by atoms with Crippen LogP contribution in [0.25, 0.3) is 0 Å². The lowest BCUT2D eigenvalue weighted by atomic mass is 9.75. The Bertz CT molecular complexity index is 305. The molecule has 0 heterocycles. The first-order valence-electron chi connectivity index (χ1n) is 7.35. The van der Waals surface area contributed by atoms with E-state index in [0.29, 0.717) is 0 Å². The second-order valence-electron chi connectivity index (χ2n) is 6.73. The van der Waals surface area contributed by atoms with Crippen molar-refractivity contribution in [3.63, 3.8) is 0 Å². The van der Waals surface area contributed by atoms with Gasteiger partial charge in [0.2, 0.25) is 0 Å². The fourth-order valence-electron chi connectivity index (χ4n) is 3.22. The van der Waals surface area contributed by atoms with Crippen molar-refractivity contribution < 1.29 is 0 Å². The number of hydrogen-bond acceptors (Lipinski definition) is 2. The van der Waals surface area contributed by atoms with E-state index in [9.17, 15) is 0 Å². The van der Waals surface area contributed by atoms with Gasteiger partial charge in [-0.05, 0) is 32.9 Å². The van der Waals surface area contributed by atoms with Gasteiger partial charge in [-0.15, -0.1) is 24.0 Å². The Morgan fingerprint density at radius 3 is 2.05 bits per heavy atom. The molecule has 0 radical (unpaired) electrons. The zero-order chi connectivity index (χ0) is 14.6. The molecule has 0 aromatic heterocycles. The molecule has 0 N–H and O–H groups in total. The van der Waals surface area contributed by atoms with Crippen LogP contribution in [0.1, 0.15) is 32.6 Å². The van der Waals surface area contributed by atoms with Crippen molar-refractivity contribution >= 4 is 29.9 Å². The monoisotopic (exact) mass is 396 g/mol. The van der Waals surface area contributed by atoms with E-state index in [1.165, 1.54) is 25.7 Å². The van der Waals surface area contributed by atoms with Gasteiger partial charge in [-0.25, -0.2) is 0 Å². The maximum atomic E-state index is 4.90. The van der Waals surface area contributed by atoms with Crippen LogP contribution in [0.5, 0.6) is 0 Å². The molecule has 0 saturated heterocycles. The summed E-state index contributed by atoms with van der Waals surface area (Å²) in [6, 6.07) is 0. The summed E-state index contributed by atoms with van der Waals surface area (Å²) < 4.78 is 0. The summed E-state index contributed by atoms with van der Waals surface area (Å²) in [7, 11) is 12.7. The minimum atomic E-state index is 0. The molecular formula is C15H33IN4. The van der Waals surface area contributed by atoms with Crippen LogP contribution in [-0.2, 0) is 0 Å². The van der Waals surface area contributed by atoms with Crippen molar-refractivity contribution in [1.29, 1.82) is 0 Å². The summed E-state index contributed by atoms with van der Waals surface area (Å²) in [4.78, 5) is 11.5. The van der Waals surface area contributed by atoms with Crippen LogP contribution in [0.4, 0.5) is 0 Å². The molecule has 0 aliphatic heterocycles. The quantitative estimate of drug-likeness (QED) is 0.416. The number of rotatable bonds is 3. The molecular weight excluding hydrogens is 363 g/mol. The van der Waals surface area contributed by atoms with Gasteiger partial charge in [-0.1, -0.05) is 19.8 Å². The zero-order valence-corrected chi connectivity index (χ0v) is 16.6. The van der Waals surface area contributed by atoms with E-state index in [0.717, 1.165) is 18.4 Å². The summed E-state index contributed by atoms with van der Waals surface area (Å²) in [5.41, 5.74) is 0.245. The molecule has 1 aliphatic carbocycles. The Kier molecular flexibility index (Phi) is 8.40. The number of halogens is 1. The fraction of sp³-hybridized carbons (Fsp3) is 0.933. The number of aliphatic imine (C=N–C) groups is 1. The van der Waals surface area contributed by atoms with Crippen LogP contribution in [0.2, 0.25) is 0 Å². The Hall–Kier alpha value is -0.0400. The summed E-state index contributed by atoms with van der Waals surface area (Å²) in [5, 5.41) is 0. The van der Waals surface area contributed by atoms with Crippen LogP contribution in [-0.4, -0.2) is 75.0 Å². The predicted molar refractivity (Wildman–Crippen MR) is 99.1 cm³/mol. The molecule has 2 unspecified atom stereocenters. The average Bonchev–Trinajstić information content (AvgIpc) is 2.27. The first-order chi connectivity index (χ1) is 8.78. The Labute approximate surface area is 142 Å². The predicted octanol–water partition coefficient (Wildman–Crippen LogP) is 2.59. The molecule has 20 heavy (non-hydrogen) atoms. The number of guanidine groups is 1. The van der Waals surface area contributed by atoms with Crippen LogP contribution >= 0.6 is 24.0 Å². The standard InChI is InChI=1S/C15H32N4.HI/c1-13-9-8-10-15(11-13,19(6)7)12-16-14(17(2)3)18(4)5;/h13H,8-12H2,1-7H3;1H. The van der Waals surface area contributed by atoms with E-state index < -0.39 is 0 Å². The molecule has 0 bridgehead atoms. The van der Waals surface area contributed by atoms with Crippen molar-refractivity contribution in [2.24, 2.45) is 10.9 Å². The summed E-state index contributed by atoms with van der Waals surface area (Å²) in [5.74, 6) is 1.87. The molecule has 120 valence electrons. The summed E-state index contributed by atoms with van der Waals surface area (Å²) >= 11 is 0. The summed E-state index contributed by atoms with van der Waals surface area (Å²) in [6.45, 7) is 3.27. The third-order valence-corrected chi connectivity index (χ3v) is 4.33. The lowest BCUT2D eigenvalue weighted by Crippen LogP contribution is -2.50. The lowest BCUT2D eigenvalue weighted by Gasteiger charge is -2.44. The van der Waals surface area contributed by atoms with Crippen molar-refractivity contribution in [3.05, 3.63) is 0 Å². The summed E-state index contributed by atoms with van der Waals surface area (Å²) in [6.07, 6.45) is 5.22. The topological polar surface area (TPSA) is 22.1 Å². The van der Waals surface area contributed by atoms with Crippen molar-refractivity contribution in [2.45, 2.75) is 38.1 Å². The molecule has 1 aliphatic rings. The molecule has 0 aromatic carbocycles. The van der Waals surface area contributed by atoms with E-state index in [-0.39, 0.29) is 29.5 Å². The van der Waals surface area contributed by atoms with Gasteiger partial charge in [-0.3, -0.25) is 4.99 Å². The van der Waals surface area contributed by atoms with Gasteiger partial charge in [0.1, 0.15) is 0 Å². The van der Waals surface area contributed by atoms with E-state index >= 15 is 0 Å². The first kappa shape index (κ1) is 20.0. The molecule has 0 aromatic rings. The highest BCUT2D eigenvalue weighted by atomic mass is 127. The Balaban J connectivity index is 0.00000361. The third-order valence-electron chi connectivity index (χ3n) is 4.33. The average molecular weight is 396 g/mol. The minimum Gasteiger partial charge on any atom is -0.349 e. The molecule has 2 atom stereocenters. The van der Waals surface area contributed by atoms with Gasteiger partial charge in [0.25, 0.3) is 0 Å². The zero-order valence-electron chi connectivity index (χ0n) is 14.3. The number of nitrogens with zero attached hydrogens (tertiary/aromatic N) is 4. The van der Waals surface area contributed by atoms with Gasteiger partial charge in [0.05, 0.1) is 6.54 Å². The van der Waals surface area contributed by atoms with Crippen LogP contribution in [0.15, 0.2) is 4.99 Å². The normalized spacial score (nSPS) is 25.9. The maximum Gasteiger partial charge on any atom is 0.195 e. The van der Waals surface area contributed by atoms with Gasteiger partial charge in [0.15, 0.2) is 5.96 Å². The SMILES string of the molecule is CC1CCCC(CN=C(N(C)C)N(C)C)(N(C)C)C1.I. The maximum absolute atomic E-state index is 4.90.